The number of anilines is 2. The Morgan fingerprint density at radius 3 is 2.46 bits per heavy atom. The Labute approximate surface area is 164 Å². The number of benzene rings is 1. The molecule has 0 unspecified atom stereocenters. The van der Waals surface area contributed by atoms with E-state index in [1.54, 1.807) is 13.0 Å². The van der Waals surface area contributed by atoms with E-state index in [4.69, 9.17) is 11.6 Å². The number of alkyl halides is 3. The van der Waals surface area contributed by atoms with Gasteiger partial charge in [-0.15, -0.1) is 0 Å². The fraction of sp³-hybridized carbons (Fsp3) is 0.278. The van der Waals surface area contributed by atoms with Crippen molar-refractivity contribution in [2.24, 2.45) is 0 Å². The first-order valence-electron chi connectivity index (χ1n) is 8.16. The molecule has 0 bridgehead atoms. The molecule has 0 aliphatic heterocycles. The van der Waals surface area contributed by atoms with Gasteiger partial charge in [0.05, 0.1) is 28.9 Å². The molecule has 0 spiro atoms. The van der Waals surface area contributed by atoms with Crippen LogP contribution in [0.1, 0.15) is 12.5 Å². The quantitative estimate of drug-likeness (QED) is 0.756. The molecule has 28 heavy (non-hydrogen) atoms. The molecule has 1 heterocycles. The second-order valence-electron chi connectivity index (χ2n) is 6.03. The number of para-hydroxylation sites is 1. The van der Waals surface area contributed by atoms with Crippen LogP contribution in [0, 0.1) is 0 Å². The normalized spacial score (nSPS) is 12.5. The minimum Gasteiger partial charge on any atom is -0.324 e. The molecule has 10 heteroatoms. The van der Waals surface area contributed by atoms with Crippen molar-refractivity contribution in [3.63, 3.8) is 0 Å². The predicted octanol–water partition coefficient (Wildman–Crippen LogP) is 3.65. The minimum atomic E-state index is -4.59. The second kappa shape index (κ2) is 9.03. The fourth-order valence-corrected chi connectivity index (χ4v) is 2.38. The van der Waals surface area contributed by atoms with E-state index in [1.807, 2.05) is 0 Å². The van der Waals surface area contributed by atoms with Crippen molar-refractivity contribution in [1.82, 2.24) is 9.88 Å². The average molecular weight is 415 g/mol. The van der Waals surface area contributed by atoms with E-state index in [9.17, 15) is 22.8 Å². The number of aromatic nitrogens is 1. The topological polar surface area (TPSA) is 74.3 Å². The summed E-state index contributed by atoms with van der Waals surface area (Å²) in [6, 6.07) is 7.03. The van der Waals surface area contributed by atoms with Gasteiger partial charge in [0.25, 0.3) is 0 Å². The van der Waals surface area contributed by atoms with Gasteiger partial charge in [-0.1, -0.05) is 23.7 Å². The van der Waals surface area contributed by atoms with Gasteiger partial charge in [0.2, 0.25) is 11.8 Å². The molecule has 0 aliphatic rings. The van der Waals surface area contributed by atoms with Gasteiger partial charge in [-0.05, 0) is 38.2 Å². The summed E-state index contributed by atoms with van der Waals surface area (Å²) in [6.07, 6.45) is -3.22. The summed E-state index contributed by atoms with van der Waals surface area (Å²) in [7, 11) is 1.51. The number of rotatable bonds is 6. The zero-order chi connectivity index (χ0) is 20.9. The van der Waals surface area contributed by atoms with Crippen LogP contribution in [0.3, 0.4) is 0 Å². The molecule has 2 rings (SSSR count). The fourth-order valence-electron chi connectivity index (χ4n) is 2.27. The van der Waals surface area contributed by atoms with E-state index in [-0.39, 0.29) is 12.2 Å². The summed E-state index contributed by atoms with van der Waals surface area (Å²) >= 11 is 5.73. The number of carbonyl (C=O) groups excluding carboxylic acids is 2. The monoisotopic (exact) mass is 414 g/mol. The third-order valence-corrected chi connectivity index (χ3v) is 4.14. The maximum absolute atomic E-state index is 13.0. The van der Waals surface area contributed by atoms with Gasteiger partial charge in [-0.25, -0.2) is 4.98 Å². The summed E-state index contributed by atoms with van der Waals surface area (Å²) in [5.74, 6) is -0.817. The maximum Gasteiger partial charge on any atom is 0.418 e. The molecule has 2 amide bonds. The molecule has 150 valence electrons. The highest BCUT2D eigenvalue weighted by atomic mass is 35.5. The van der Waals surface area contributed by atoms with Crippen LogP contribution in [-0.4, -0.2) is 41.3 Å². The van der Waals surface area contributed by atoms with E-state index >= 15 is 0 Å². The summed E-state index contributed by atoms with van der Waals surface area (Å²) in [5.41, 5.74) is -1.28. The van der Waals surface area contributed by atoms with E-state index in [2.05, 4.69) is 15.6 Å². The lowest BCUT2D eigenvalue weighted by Gasteiger charge is -2.23. The lowest BCUT2D eigenvalue weighted by Crippen LogP contribution is -2.43. The Kier molecular flexibility index (Phi) is 6.98. The molecule has 0 radical (unpaired) electrons. The van der Waals surface area contributed by atoms with Crippen LogP contribution >= 0.6 is 11.6 Å². The van der Waals surface area contributed by atoms with Crippen LogP contribution in [-0.2, 0) is 15.8 Å². The van der Waals surface area contributed by atoms with E-state index < -0.39 is 29.6 Å². The van der Waals surface area contributed by atoms with E-state index in [0.29, 0.717) is 10.8 Å². The summed E-state index contributed by atoms with van der Waals surface area (Å²) in [5, 5.41) is 5.23. The van der Waals surface area contributed by atoms with Gasteiger partial charge in [-0.3, -0.25) is 14.5 Å². The Hall–Kier alpha value is -2.65. The number of pyridine rings is 1. The molecule has 0 aliphatic carbocycles. The zero-order valence-electron chi connectivity index (χ0n) is 15.0. The lowest BCUT2D eigenvalue weighted by atomic mass is 10.1. The number of carbonyl (C=O) groups is 2. The van der Waals surface area contributed by atoms with Crippen LogP contribution in [0.2, 0.25) is 5.02 Å². The van der Waals surface area contributed by atoms with Crippen molar-refractivity contribution in [3.8, 4) is 0 Å². The van der Waals surface area contributed by atoms with Crippen molar-refractivity contribution in [2.45, 2.75) is 19.1 Å². The maximum atomic E-state index is 13.0. The number of likely N-dealkylation sites (N-methyl/N-ethyl adjacent to an activating group) is 1. The predicted molar refractivity (Wildman–Crippen MR) is 100 cm³/mol. The Balaban J connectivity index is 1.96. The first-order chi connectivity index (χ1) is 13.1. The number of hydrogen-bond acceptors (Lipinski definition) is 4. The molecule has 1 aromatic heterocycles. The van der Waals surface area contributed by atoms with Crippen molar-refractivity contribution in [2.75, 3.05) is 24.2 Å². The first-order valence-corrected chi connectivity index (χ1v) is 8.54. The van der Waals surface area contributed by atoms with Gasteiger partial charge < -0.3 is 10.6 Å². The molecule has 6 nitrogen and oxygen atoms in total. The number of amides is 2. The minimum absolute atomic E-state index is 0.283. The summed E-state index contributed by atoms with van der Waals surface area (Å²) < 4.78 is 39.0. The highest BCUT2D eigenvalue weighted by Crippen LogP contribution is 2.34. The van der Waals surface area contributed by atoms with Gasteiger partial charge in [0.15, 0.2) is 0 Å². The number of nitrogens with one attached hydrogen (secondary N) is 2. The third-order valence-electron chi connectivity index (χ3n) is 3.92. The van der Waals surface area contributed by atoms with E-state index in [1.165, 1.54) is 42.4 Å². The smallest absolute Gasteiger partial charge is 0.324 e. The molecule has 2 aromatic rings. The molecule has 2 N–H and O–H groups in total. The summed E-state index contributed by atoms with van der Waals surface area (Å²) in [6.45, 7) is 1.27. The van der Waals surface area contributed by atoms with Gasteiger partial charge in [0, 0.05) is 6.20 Å². The Bertz CT molecular complexity index is 843. The molecular weight excluding hydrogens is 397 g/mol. The van der Waals surface area contributed by atoms with Crippen LogP contribution in [0.25, 0.3) is 0 Å². The average Bonchev–Trinajstić information content (AvgIpc) is 2.62. The molecule has 0 saturated heterocycles. The van der Waals surface area contributed by atoms with Crippen molar-refractivity contribution in [3.05, 3.63) is 53.2 Å². The van der Waals surface area contributed by atoms with Gasteiger partial charge in [-0.2, -0.15) is 13.2 Å². The van der Waals surface area contributed by atoms with Crippen LogP contribution in [0.15, 0.2) is 42.6 Å². The molecular formula is C18H18ClF3N4O2. The largest absolute Gasteiger partial charge is 0.418 e. The van der Waals surface area contributed by atoms with Gasteiger partial charge >= 0.3 is 6.18 Å². The van der Waals surface area contributed by atoms with Crippen LogP contribution in [0.4, 0.5) is 24.7 Å². The van der Waals surface area contributed by atoms with Crippen molar-refractivity contribution >= 4 is 34.9 Å². The molecule has 0 saturated carbocycles. The second-order valence-corrected chi connectivity index (χ2v) is 6.47. The van der Waals surface area contributed by atoms with Crippen molar-refractivity contribution < 1.29 is 22.8 Å². The lowest BCUT2D eigenvalue weighted by molar-refractivity contribution is -0.137. The third kappa shape index (κ3) is 5.93. The standard InChI is InChI=1S/C18H18ClF3N4O2/c1-11(17(28)25-15-8-7-12(19)9-23-15)26(2)10-16(27)24-14-6-4-3-5-13(14)18(20,21)22/h3-9,11H,10H2,1-2H3,(H,24,27)(H,23,25,28)/t11-/m1/s1. The van der Waals surface area contributed by atoms with Crippen molar-refractivity contribution in [1.29, 1.82) is 0 Å². The first kappa shape index (κ1) is 21.6. The van der Waals surface area contributed by atoms with E-state index in [0.717, 1.165) is 6.07 Å². The highest BCUT2D eigenvalue weighted by molar-refractivity contribution is 6.30. The Morgan fingerprint density at radius 2 is 1.86 bits per heavy atom. The number of nitrogens with zero attached hydrogens (tertiary/aromatic N) is 2. The molecule has 1 aromatic carbocycles. The molecule has 0 fully saturated rings. The zero-order valence-corrected chi connectivity index (χ0v) is 15.8. The summed E-state index contributed by atoms with van der Waals surface area (Å²) in [4.78, 5) is 29.7. The number of hydrogen-bond donors (Lipinski definition) is 2. The van der Waals surface area contributed by atoms with Crippen LogP contribution < -0.4 is 10.6 Å². The van der Waals surface area contributed by atoms with Crippen LogP contribution in [0.5, 0.6) is 0 Å². The van der Waals surface area contributed by atoms with Gasteiger partial charge in [0.1, 0.15) is 5.82 Å². The molecule has 1 atom stereocenters. The number of halogens is 4. The highest BCUT2D eigenvalue weighted by Gasteiger charge is 2.33. The SMILES string of the molecule is C[C@H](C(=O)Nc1ccc(Cl)cn1)N(C)CC(=O)Nc1ccccc1C(F)(F)F. The Morgan fingerprint density at radius 1 is 1.18 bits per heavy atom.